The second-order valence-electron chi connectivity index (χ2n) is 12.6. The van der Waals surface area contributed by atoms with Crippen molar-refractivity contribution in [2.24, 2.45) is 0 Å². The third kappa shape index (κ3) is 3.61. The molecule has 0 aliphatic carbocycles. The van der Waals surface area contributed by atoms with Crippen LogP contribution in [0.5, 0.6) is 11.5 Å². The smallest absolute Gasteiger partial charge is 0.147 e. The van der Waals surface area contributed by atoms with Gasteiger partial charge in [0.05, 0.1) is 63.7 Å². The lowest BCUT2D eigenvalue weighted by Gasteiger charge is -2.19. The molecular weight excluding hydrogens is 605 g/mol. The molecule has 49 heavy (non-hydrogen) atoms. The first-order valence-electron chi connectivity index (χ1n) is 17.8. The van der Waals surface area contributed by atoms with Crippen molar-refractivity contribution in [3.8, 4) is 11.5 Å². The summed E-state index contributed by atoms with van der Waals surface area (Å²) in [5.41, 5.74) is 8.50. The van der Waals surface area contributed by atoms with Crippen LogP contribution >= 0.6 is 0 Å². The fraction of sp³-hybridized carbons (Fsp3) is 0.0476. The maximum Gasteiger partial charge on any atom is 0.147 e. The molecule has 0 fully saturated rings. The van der Waals surface area contributed by atoms with Crippen molar-refractivity contribution in [3.05, 3.63) is 140 Å². The molecule has 0 saturated carbocycles. The Morgan fingerprint density at radius 3 is 2.24 bits per heavy atom. The number of hydrogen-bond acceptors (Lipinski definition) is 5. The third-order valence-electron chi connectivity index (χ3n) is 9.96. The van der Waals surface area contributed by atoms with Gasteiger partial charge in [-0.3, -0.25) is 9.38 Å². The summed E-state index contributed by atoms with van der Waals surface area (Å²) >= 11 is 0. The Kier molecular flexibility index (Phi) is 4.69. The lowest BCUT2D eigenvalue weighted by molar-refractivity contribution is 0.481. The Labute approximate surface area is 284 Å². The molecule has 10 aromatic rings. The van der Waals surface area contributed by atoms with E-state index >= 15 is 0 Å². The van der Waals surface area contributed by atoms with E-state index in [0.29, 0.717) is 17.2 Å². The van der Waals surface area contributed by atoms with E-state index in [1.165, 1.54) is 21.2 Å². The van der Waals surface area contributed by atoms with Gasteiger partial charge < -0.3 is 18.9 Å². The van der Waals surface area contributed by atoms with Crippen molar-refractivity contribution in [2.75, 3.05) is 23.4 Å². The zero-order valence-corrected chi connectivity index (χ0v) is 26.1. The highest BCUT2D eigenvalue weighted by Crippen LogP contribution is 2.42. The number of pyridine rings is 2. The predicted octanol–water partition coefficient (Wildman–Crippen LogP) is 10.1. The first kappa shape index (κ1) is 23.7. The zero-order chi connectivity index (χ0) is 34.7. The number of aromatic nitrogens is 4. The standard InChI is InChI=1S/C42H28N6O/c1-45-25-46(37-16-5-4-15-36(37)45)26-21-28(24-43-23-26)49-27-18-19-30-32-12-7-17-38-41(32)48(39(30)22-27)42-34(13-8-20-44-42)33-11-6-10-31-29-9-2-3-14-35(29)47(38)40(31)33/h2-24H,25H2,1H3/i1D3. The number of fused-ring (bicyclic) bond motifs is 11. The van der Waals surface area contributed by atoms with Crippen LogP contribution in [0.3, 0.4) is 0 Å². The number of nitrogens with zero attached hydrogens (tertiary/aromatic N) is 6. The molecule has 7 heteroatoms. The molecule has 7 nitrogen and oxygen atoms in total. The van der Waals surface area contributed by atoms with Gasteiger partial charge in [0, 0.05) is 61.7 Å². The van der Waals surface area contributed by atoms with Crippen LogP contribution < -0.4 is 14.5 Å². The molecule has 0 radical (unpaired) electrons. The molecule has 0 saturated heterocycles. The fourth-order valence-electron chi connectivity index (χ4n) is 7.95. The molecule has 1 aliphatic rings. The van der Waals surface area contributed by atoms with Gasteiger partial charge in [-0.15, -0.1) is 0 Å². The van der Waals surface area contributed by atoms with Gasteiger partial charge in [0.2, 0.25) is 0 Å². The number of benzene rings is 5. The molecule has 0 spiro atoms. The summed E-state index contributed by atoms with van der Waals surface area (Å²) < 4.78 is 35.6. The minimum absolute atomic E-state index is 0.175. The van der Waals surface area contributed by atoms with E-state index in [2.05, 4.69) is 92.6 Å². The topological polar surface area (TPSA) is 50.3 Å². The Hall–Kier alpha value is -6.60. The highest BCUT2D eigenvalue weighted by atomic mass is 16.5. The number of anilines is 3. The van der Waals surface area contributed by atoms with Gasteiger partial charge in [0.15, 0.2) is 0 Å². The lowest BCUT2D eigenvalue weighted by Crippen LogP contribution is -2.24. The number of ether oxygens (including phenoxy) is 1. The van der Waals surface area contributed by atoms with Crippen LogP contribution in [0.2, 0.25) is 0 Å². The Bertz CT molecular complexity index is 3110. The van der Waals surface area contributed by atoms with Gasteiger partial charge in [0.25, 0.3) is 0 Å². The molecule has 1 aliphatic heterocycles. The second kappa shape index (κ2) is 9.71. The molecule has 0 atom stereocenters. The molecule has 0 N–H and O–H groups in total. The Balaban J connectivity index is 1.13. The van der Waals surface area contributed by atoms with Crippen molar-refractivity contribution in [2.45, 2.75) is 0 Å². The van der Waals surface area contributed by atoms with Crippen LogP contribution in [-0.4, -0.2) is 32.4 Å². The normalized spacial score (nSPS) is 14.4. The van der Waals surface area contributed by atoms with E-state index in [4.69, 9.17) is 13.8 Å². The summed E-state index contributed by atoms with van der Waals surface area (Å²) in [5, 5.41) is 6.80. The lowest BCUT2D eigenvalue weighted by atomic mass is 10.1. The molecule has 0 bridgehead atoms. The largest absolute Gasteiger partial charge is 0.456 e. The average Bonchev–Trinajstić information content (AvgIpc) is 3.83. The monoisotopic (exact) mass is 635 g/mol. The van der Waals surface area contributed by atoms with Crippen molar-refractivity contribution in [1.82, 2.24) is 18.8 Å². The summed E-state index contributed by atoms with van der Waals surface area (Å²) in [7, 11) is 0. The van der Waals surface area contributed by atoms with Crippen LogP contribution in [0.15, 0.2) is 140 Å². The van der Waals surface area contributed by atoms with Crippen LogP contribution in [-0.2, 0) is 0 Å². The molecule has 5 aromatic heterocycles. The van der Waals surface area contributed by atoms with E-state index in [9.17, 15) is 0 Å². The van der Waals surface area contributed by atoms with E-state index in [1.807, 2.05) is 53.6 Å². The quantitative estimate of drug-likeness (QED) is 0.193. The Morgan fingerprint density at radius 1 is 0.592 bits per heavy atom. The maximum absolute atomic E-state index is 8.11. The van der Waals surface area contributed by atoms with Gasteiger partial charge >= 0.3 is 0 Å². The fourth-order valence-corrected chi connectivity index (χ4v) is 7.95. The highest BCUT2D eigenvalue weighted by Gasteiger charge is 2.25. The minimum Gasteiger partial charge on any atom is -0.456 e. The van der Waals surface area contributed by atoms with E-state index in [1.54, 1.807) is 12.4 Å². The first-order valence-corrected chi connectivity index (χ1v) is 16.3. The van der Waals surface area contributed by atoms with Crippen molar-refractivity contribution in [3.63, 3.8) is 0 Å². The number of para-hydroxylation sites is 5. The molecule has 5 aromatic carbocycles. The zero-order valence-electron chi connectivity index (χ0n) is 29.1. The van der Waals surface area contributed by atoms with Gasteiger partial charge in [-0.2, -0.15) is 0 Å². The van der Waals surface area contributed by atoms with E-state index in [0.717, 1.165) is 60.6 Å². The van der Waals surface area contributed by atoms with Crippen LogP contribution in [0, 0.1) is 0 Å². The van der Waals surface area contributed by atoms with Gasteiger partial charge in [-0.25, -0.2) is 4.98 Å². The maximum atomic E-state index is 8.11. The van der Waals surface area contributed by atoms with Crippen molar-refractivity contribution in [1.29, 1.82) is 0 Å². The Morgan fingerprint density at radius 2 is 1.33 bits per heavy atom. The molecule has 0 unspecified atom stereocenters. The van der Waals surface area contributed by atoms with Crippen LogP contribution in [0.4, 0.5) is 17.1 Å². The SMILES string of the molecule is [2H]C([2H])([2H])N1CN(c2cncc(Oc3ccc4c5cccc6c5n(c4c3)c3ncccc3c3cccc4c5ccccc5n6c43)c2)c2ccccc21. The van der Waals surface area contributed by atoms with Gasteiger partial charge in [-0.1, -0.05) is 60.7 Å². The number of hydrogen-bond donors (Lipinski definition) is 0. The molecule has 232 valence electrons. The highest BCUT2D eigenvalue weighted by molar-refractivity contribution is 6.23. The van der Waals surface area contributed by atoms with E-state index < -0.39 is 6.98 Å². The summed E-state index contributed by atoms with van der Waals surface area (Å²) in [5.74, 6) is 1.19. The average molecular weight is 636 g/mol. The summed E-state index contributed by atoms with van der Waals surface area (Å²) in [6.07, 6.45) is 5.27. The van der Waals surface area contributed by atoms with Crippen LogP contribution in [0.1, 0.15) is 4.11 Å². The molecule has 6 heterocycles. The van der Waals surface area contributed by atoms with Gasteiger partial charge in [-0.05, 0) is 48.5 Å². The van der Waals surface area contributed by atoms with Crippen molar-refractivity contribution < 1.29 is 8.85 Å². The van der Waals surface area contributed by atoms with E-state index in [-0.39, 0.29) is 6.67 Å². The van der Waals surface area contributed by atoms with Crippen molar-refractivity contribution >= 4 is 82.6 Å². The predicted molar refractivity (Wildman–Crippen MR) is 200 cm³/mol. The summed E-state index contributed by atoms with van der Waals surface area (Å²) in [6, 6.07) is 41.4. The molecule has 11 rings (SSSR count). The number of rotatable bonds is 3. The van der Waals surface area contributed by atoms with Crippen LogP contribution in [0.25, 0.3) is 65.5 Å². The van der Waals surface area contributed by atoms with Gasteiger partial charge in [0.1, 0.15) is 17.1 Å². The third-order valence-corrected chi connectivity index (χ3v) is 9.96. The second-order valence-corrected chi connectivity index (χ2v) is 12.6. The summed E-state index contributed by atoms with van der Waals surface area (Å²) in [4.78, 5) is 12.9. The summed E-state index contributed by atoms with van der Waals surface area (Å²) in [6.45, 7) is -2.11. The minimum atomic E-state index is -2.28. The molecule has 0 amide bonds. The molecular formula is C42H28N6O. The first-order chi connectivity index (χ1) is 25.4.